The number of hydrogen-bond donors (Lipinski definition) is 2. The fourth-order valence-corrected chi connectivity index (χ4v) is 4.01. The molecule has 1 aliphatic rings. The summed E-state index contributed by atoms with van der Waals surface area (Å²) in [6.45, 7) is 1.08. The highest BCUT2D eigenvalue weighted by Gasteiger charge is 2.24. The molecule has 2 aromatic carbocycles. The number of hydrogen-bond acceptors (Lipinski definition) is 8. The van der Waals surface area contributed by atoms with Gasteiger partial charge in [-0.05, 0) is 30.3 Å². The number of thiocarbonyl (C=S) groups is 1. The van der Waals surface area contributed by atoms with Crippen molar-refractivity contribution in [2.75, 3.05) is 7.11 Å². The van der Waals surface area contributed by atoms with Crippen LogP contribution >= 0.6 is 24.0 Å². The number of nitro groups is 1. The van der Waals surface area contributed by atoms with E-state index >= 15 is 0 Å². The van der Waals surface area contributed by atoms with Crippen molar-refractivity contribution in [3.05, 3.63) is 75.3 Å². The fourth-order valence-electron chi connectivity index (χ4n) is 2.97. The largest absolute Gasteiger partial charge is 0.490 e. The second-order valence-corrected chi connectivity index (χ2v) is 8.45. The summed E-state index contributed by atoms with van der Waals surface area (Å²) < 4.78 is 7.12. The lowest BCUT2D eigenvalue weighted by Gasteiger charge is -2.04. The van der Waals surface area contributed by atoms with E-state index in [-0.39, 0.29) is 17.3 Å². The summed E-state index contributed by atoms with van der Waals surface area (Å²) in [7, 11) is 1.38. The van der Waals surface area contributed by atoms with Crippen molar-refractivity contribution in [2.24, 2.45) is 0 Å². The first kappa shape index (κ1) is 24.6. The summed E-state index contributed by atoms with van der Waals surface area (Å²) in [5.41, 5.74) is 2.28. The maximum absolute atomic E-state index is 12.1. The molecule has 1 aliphatic heterocycles. The van der Waals surface area contributed by atoms with Crippen molar-refractivity contribution in [2.45, 2.75) is 6.92 Å². The van der Waals surface area contributed by atoms with E-state index in [1.807, 2.05) is 30.3 Å². The molecule has 1 fully saturated rings. The number of para-hydroxylation sites is 1. The van der Waals surface area contributed by atoms with E-state index in [4.69, 9.17) is 26.9 Å². The first-order valence-electron chi connectivity index (χ1n) is 9.62. The van der Waals surface area contributed by atoms with Crippen molar-refractivity contribution in [1.82, 2.24) is 15.1 Å². The molecule has 1 saturated heterocycles. The number of nitrogens with one attached hydrogen (secondary N) is 1. The lowest BCUT2D eigenvalue weighted by atomic mass is 10.1. The van der Waals surface area contributed by atoms with Crippen LogP contribution in [0.4, 0.5) is 5.69 Å². The highest BCUT2D eigenvalue weighted by Crippen LogP contribution is 2.35. The van der Waals surface area contributed by atoms with Crippen LogP contribution in [0.5, 0.6) is 5.75 Å². The zero-order valence-electron chi connectivity index (χ0n) is 17.9. The van der Waals surface area contributed by atoms with E-state index in [9.17, 15) is 14.9 Å². The van der Waals surface area contributed by atoms with Crippen LogP contribution in [0.2, 0.25) is 0 Å². The molecule has 10 nitrogen and oxygen atoms in total. The monoisotopic (exact) mass is 498 g/mol. The molecule has 12 heteroatoms. The Hall–Kier alpha value is -4.03. The molecule has 34 heavy (non-hydrogen) atoms. The molecule has 0 atom stereocenters. The third-order valence-corrected chi connectivity index (χ3v) is 5.50. The van der Waals surface area contributed by atoms with Crippen LogP contribution < -0.4 is 10.1 Å². The molecule has 0 spiro atoms. The van der Waals surface area contributed by atoms with E-state index in [1.54, 1.807) is 23.0 Å². The third kappa shape index (κ3) is 5.85. The Morgan fingerprint density at radius 3 is 2.53 bits per heavy atom. The maximum Gasteiger partial charge on any atom is 0.311 e. The minimum Gasteiger partial charge on any atom is -0.490 e. The van der Waals surface area contributed by atoms with Gasteiger partial charge in [-0.2, -0.15) is 5.10 Å². The molecule has 1 amide bonds. The maximum atomic E-state index is 12.1. The van der Waals surface area contributed by atoms with Gasteiger partial charge in [0.15, 0.2) is 5.75 Å². The number of carboxylic acids is 1. The Bertz CT molecular complexity index is 1300. The van der Waals surface area contributed by atoms with Crippen molar-refractivity contribution in [3.8, 4) is 22.7 Å². The zero-order valence-corrected chi connectivity index (χ0v) is 19.6. The van der Waals surface area contributed by atoms with Crippen LogP contribution in [0.1, 0.15) is 12.5 Å². The van der Waals surface area contributed by atoms with E-state index in [0.29, 0.717) is 26.0 Å². The van der Waals surface area contributed by atoms with E-state index in [1.165, 1.54) is 19.2 Å². The lowest BCUT2D eigenvalue weighted by Crippen LogP contribution is -2.17. The highest BCUT2D eigenvalue weighted by atomic mass is 32.2. The van der Waals surface area contributed by atoms with Crippen molar-refractivity contribution in [1.29, 1.82) is 0 Å². The minimum atomic E-state index is -0.833. The number of methoxy groups -OCH3 is 1. The number of amides is 1. The summed E-state index contributed by atoms with van der Waals surface area (Å²) >= 11 is 6.21. The molecule has 0 unspecified atom stereocenters. The number of carboxylic acid groups (broad SMARTS) is 1. The molecule has 3 aromatic rings. The first-order chi connectivity index (χ1) is 16.2. The van der Waals surface area contributed by atoms with Crippen LogP contribution in [-0.4, -0.2) is 43.1 Å². The number of aromatic nitrogens is 2. The molecule has 174 valence electrons. The molecule has 1 aromatic heterocycles. The SMILES string of the molecule is CC(=O)O.COc1ccc(-c2nn(-c3ccccc3)cc2/C=C2/SC(=S)NC2=O)cc1[N+](=O)[O-]. The normalized spacial score (nSPS) is 13.8. The summed E-state index contributed by atoms with van der Waals surface area (Å²) in [5, 5.41) is 26.1. The van der Waals surface area contributed by atoms with Crippen molar-refractivity contribution < 1.29 is 24.4 Å². The number of nitrogens with zero attached hydrogens (tertiary/aromatic N) is 3. The van der Waals surface area contributed by atoms with Gasteiger partial charge in [0.25, 0.3) is 11.9 Å². The molecular formula is C22H18N4O6S2. The molecule has 0 aliphatic carbocycles. The molecule has 0 radical (unpaired) electrons. The summed E-state index contributed by atoms with van der Waals surface area (Å²) in [6, 6.07) is 14.1. The topological polar surface area (TPSA) is 137 Å². The fraction of sp³-hybridized carbons (Fsp3) is 0.0909. The van der Waals surface area contributed by atoms with Gasteiger partial charge >= 0.3 is 5.69 Å². The third-order valence-electron chi connectivity index (χ3n) is 4.34. The van der Waals surface area contributed by atoms with Gasteiger partial charge in [0.1, 0.15) is 10.0 Å². The van der Waals surface area contributed by atoms with Crippen molar-refractivity contribution in [3.63, 3.8) is 0 Å². The summed E-state index contributed by atoms with van der Waals surface area (Å²) in [5.74, 6) is -0.966. The van der Waals surface area contributed by atoms with Gasteiger partial charge in [0, 0.05) is 30.3 Å². The van der Waals surface area contributed by atoms with Gasteiger partial charge in [-0.25, -0.2) is 4.68 Å². The predicted molar refractivity (Wildman–Crippen MR) is 132 cm³/mol. The van der Waals surface area contributed by atoms with Crippen LogP contribution in [-0.2, 0) is 9.59 Å². The molecule has 2 heterocycles. The number of aliphatic carboxylic acids is 1. The minimum absolute atomic E-state index is 0.155. The number of carbonyl (C=O) groups excluding carboxylic acids is 1. The number of ether oxygens (including phenoxy) is 1. The van der Waals surface area contributed by atoms with E-state index in [2.05, 4.69) is 10.4 Å². The molecule has 4 rings (SSSR count). The van der Waals surface area contributed by atoms with Gasteiger partial charge < -0.3 is 15.2 Å². The second-order valence-electron chi connectivity index (χ2n) is 6.73. The van der Waals surface area contributed by atoms with Crippen LogP contribution in [0, 0.1) is 10.1 Å². The van der Waals surface area contributed by atoms with Gasteiger partial charge in [-0.1, -0.05) is 42.2 Å². The lowest BCUT2D eigenvalue weighted by molar-refractivity contribution is -0.385. The van der Waals surface area contributed by atoms with E-state index < -0.39 is 10.9 Å². The average molecular weight is 499 g/mol. The highest BCUT2D eigenvalue weighted by molar-refractivity contribution is 8.26. The van der Waals surface area contributed by atoms with Crippen LogP contribution in [0.3, 0.4) is 0 Å². The predicted octanol–water partition coefficient (Wildman–Crippen LogP) is 4.04. The number of nitro benzene ring substituents is 1. The molecular weight excluding hydrogens is 480 g/mol. The van der Waals surface area contributed by atoms with Gasteiger partial charge in [0.05, 0.1) is 22.6 Å². The number of rotatable bonds is 5. The number of benzene rings is 2. The van der Waals surface area contributed by atoms with Crippen LogP contribution in [0.15, 0.2) is 59.6 Å². The van der Waals surface area contributed by atoms with Crippen molar-refractivity contribution >= 4 is 51.9 Å². The summed E-state index contributed by atoms with van der Waals surface area (Å²) in [6.07, 6.45) is 3.44. The Kier molecular flexibility index (Phi) is 7.76. The second kappa shape index (κ2) is 10.7. The van der Waals surface area contributed by atoms with Gasteiger partial charge in [-0.15, -0.1) is 0 Å². The number of thioether (sulfide) groups is 1. The van der Waals surface area contributed by atoms with Gasteiger partial charge in [-0.3, -0.25) is 19.7 Å². The standard InChI is InChI=1S/C20H14N4O4S2.C2H4O2/c1-28-16-8-7-12(9-15(16)24(26)27)18-13(10-17-19(25)21-20(29)30-17)11-23(22-18)14-5-3-2-4-6-14;1-2(3)4/h2-11H,1H3,(H,21,25,29);1H3,(H,3,4)/b17-10+;. The van der Waals surface area contributed by atoms with E-state index in [0.717, 1.165) is 24.4 Å². The number of carbonyl (C=O) groups is 2. The molecule has 0 saturated carbocycles. The molecule has 0 bridgehead atoms. The quantitative estimate of drug-likeness (QED) is 0.231. The molecule has 2 N–H and O–H groups in total. The Morgan fingerprint density at radius 1 is 1.29 bits per heavy atom. The smallest absolute Gasteiger partial charge is 0.311 e. The Balaban J connectivity index is 0.000000751. The Morgan fingerprint density at radius 2 is 1.97 bits per heavy atom. The Labute approximate surface area is 203 Å². The first-order valence-corrected chi connectivity index (χ1v) is 10.8. The summed E-state index contributed by atoms with van der Waals surface area (Å²) in [4.78, 5) is 32.5. The average Bonchev–Trinajstić information content (AvgIpc) is 3.36. The van der Waals surface area contributed by atoms with Crippen LogP contribution in [0.25, 0.3) is 23.0 Å². The van der Waals surface area contributed by atoms with Gasteiger partial charge in [0.2, 0.25) is 0 Å². The zero-order chi connectivity index (χ0) is 24.8.